The van der Waals surface area contributed by atoms with Gasteiger partial charge in [0, 0.05) is 12.3 Å². The Morgan fingerprint density at radius 2 is 1.69 bits per heavy atom. The van der Waals surface area contributed by atoms with Gasteiger partial charge in [-0.3, -0.25) is 4.79 Å². The summed E-state index contributed by atoms with van der Waals surface area (Å²) in [7, 11) is 0. The summed E-state index contributed by atoms with van der Waals surface area (Å²) < 4.78 is 10.7. The molecule has 2 aromatic rings. The Bertz CT molecular complexity index is 739. The lowest BCUT2D eigenvalue weighted by Gasteiger charge is -2.11. The third kappa shape index (κ3) is 6.57. The molecule has 2 aromatic carbocycles. The summed E-state index contributed by atoms with van der Waals surface area (Å²) in [5.41, 5.74) is 1.20. The van der Waals surface area contributed by atoms with E-state index in [0.29, 0.717) is 40.6 Å². The molecule has 26 heavy (non-hydrogen) atoms. The zero-order valence-corrected chi connectivity index (χ0v) is 16.4. The zero-order valence-electron chi connectivity index (χ0n) is 14.2. The quantitative estimate of drug-likeness (QED) is 0.439. The lowest BCUT2D eigenvalue weighted by atomic mass is 10.3. The molecule has 2 N–H and O–H groups in total. The molecule has 0 radical (unpaired) electrons. The Balaban J connectivity index is 1.81. The standard InChI is InChI=1S/C18H19Cl3N2O3/c1-2-25-7-8-26-13-5-3-12(4-6-13)22-11-18(24)23-17-10-15(20)14(19)9-16(17)21/h3-6,9-10,22H,2,7-8,11H2,1H3,(H,23,24). The predicted octanol–water partition coefficient (Wildman–Crippen LogP) is 5.11. The molecule has 140 valence electrons. The third-order valence-electron chi connectivity index (χ3n) is 3.29. The van der Waals surface area contributed by atoms with Crippen LogP contribution in [0.3, 0.4) is 0 Å². The lowest BCUT2D eigenvalue weighted by Crippen LogP contribution is -2.21. The van der Waals surface area contributed by atoms with Gasteiger partial charge in [0.25, 0.3) is 0 Å². The van der Waals surface area contributed by atoms with Crippen LogP contribution in [-0.2, 0) is 9.53 Å². The summed E-state index contributed by atoms with van der Waals surface area (Å²) in [6.07, 6.45) is 0. The van der Waals surface area contributed by atoms with Crippen LogP contribution in [0.25, 0.3) is 0 Å². The molecule has 0 unspecified atom stereocenters. The Kier molecular flexibility index (Phi) is 8.32. The van der Waals surface area contributed by atoms with E-state index in [0.717, 1.165) is 11.4 Å². The topological polar surface area (TPSA) is 59.6 Å². The second kappa shape index (κ2) is 10.5. The highest BCUT2D eigenvalue weighted by Gasteiger charge is 2.09. The van der Waals surface area contributed by atoms with Crippen LogP contribution >= 0.6 is 34.8 Å². The van der Waals surface area contributed by atoms with Gasteiger partial charge in [0.1, 0.15) is 12.4 Å². The van der Waals surface area contributed by atoms with Crippen molar-refractivity contribution in [1.82, 2.24) is 0 Å². The highest BCUT2D eigenvalue weighted by Crippen LogP contribution is 2.32. The van der Waals surface area contributed by atoms with Crippen LogP contribution in [0.5, 0.6) is 5.75 Å². The predicted molar refractivity (Wildman–Crippen MR) is 107 cm³/mol. The van der Waals surface area contributed by atoms with Crippen molar-refractivity contribution in [3.05, 3.63) is 51.5 Å². The van der Waals surface area contributed by atoms with E-state index in [1.165, 1.54) is 12.1 Å². The number of anilines is 2. The molecular weight excluding hydrogens is 399 g/mol. The van der Waals surface area contributed by atoms with Gasteiger partial charge in [-0.25, -0.2) is 0 Å². The Hall–Kier alpha value is -1.66. The van der Waals surface area contributed by atoms with Gasteiger partial charge in [-0.15, -0.1) is 0 Å². The van der Waals surface area contributed by atoms with E-state index in [4.69, 9.17) is 44.3 Å². The molecule has 5 nitrogen and oxygen atoms in total. The first-order chi connectivity index (χ1) is 12.5. The van der Waals surface area contributed by atoms with Crippen LogP contribution in [0.2, 0.25) is 15.1 Å². The molecule has 0 saturated heterocycles. The van der Waals surface area contributed by atoms with E-state index < -0.39 is 0 Å². The van der Waals surface area contributed by atoms with E-state index in [2.05, 4.69) is 10.6 Å². The molecule has 8 heteroatoms. The molecule has 1 amide bonds. The first kappa shape index (κ1) is 20.6. The van der Waals surface area contributed by atoms with E-state index >= 15 is 0 Å². The molecule has 0 aromatic heterocycles. The second-order valence-corrected chi connectivity index (χ2v) is 6.44. The van der Waals surface area contributed by atoms with E-state index in [1.807, 2.05) is 31.2 Å². The minimum absolute atomic E-state index is 0.0706. The van der Waals surface area contributed by atoms with Crippen molar-refractivity contribution in [1.29, 1.82) is 0 Å². The van der Waals surface area contributed by atoms with Crippen LogP contribution in [0, 0.1) is 0 Å². The molecule has 0 atom stereocenters. The molecule has 0 aliphatic heterocycles. The van der Waals surface area contributed by atoms with E-state index in [-0.39, 0.29) is 12.5 Å². The van der Waals surface area contributed by atoms with Crippen LogP contribution in [-0.4, -0.2) is 32.3 Å². The molecular formula is C18H19Cl3N2O3. The molecule has 0 heterocycles. The summed E-state index contributed by atoms with van der Waals surface area (Å²) in [6.45, 7) is 3.72. The number of hydrogen-bond acceptors (Lipinski definition) is 4. The van der Waals surface area contributed by atoms with Crippen molar-refractivity contribution in [3.63, 3.8) is 0 Å². The Morgan fingerprint density at radius 3 is 2.38 bits per heavy atom. The van der Waals surface area contributed by atoms with Gasteiger partial charge in [0.05, 0.1) is 33.9 Å². The maximum atomic E-state index is 12.1. The van der Waals surface area contributed by atoms with Gasteiger partial charge in [-0.1, -0.05) is 34.8 Å². The largest absolute Gasteiger partial charge is 0.491 e. The van der Waals surface area contributed by atoms with E-state index in [9.17, 15) is 4.79 Å². The van der Waals surface area contributed by atoms with Crippen LogP contribution in [0.1, 0.15) is 6.92 Å². The van der Waals surface area contributed by atoms with Crippen LogP contribution in [0.15, 0.2) is 36.4 Å². The Labute approximate surface area is 167 Å². The number of benzene rings is 2. The van der Waals surface area contributed by atoms with Crippen molar-refractivity contribution in [2.75, 3.05) is 37.0 Å². The zero-order chi connectivity index (χ0) is 18.9. The number of carbonyl (C=O) groups excluding carboxylic acids is 1. The molecule has 0 spiro atoms. The van der Waals surface area contributed by atoms with Gasteiger partial charge in [0.2, 0.25) is 5.91 Å². The number of ether oxygens (including phenoxy) is 2. The third-order valence-corrected chi connectivity index (χ3v) is 4.33. The number of amides is 1. The average molecular weight is 418 g/mol. The maximum Gasteiger partial charge on any atom is 0.243 e. The van der Waals surface area contributed by atoms with Gasteiger partial charge in [0.15, 0.2) is 0 Å². The fraction of sp³-hybridized carbons (Fsp3) is 0.278. The fourth-order valence-corrected chi connectivity index (χ4v) is 2.62. The summed E-state index contributed by atoms with van der Waals surface area (Å²) in [5.74, 6) is 0.477. The average Bonchev–Trinajstić information content (AvgIpc) is 2.62. The fourth-order valence-electron chi connectivity index (χ4n) is 2.03. The lowest BCUT2D eigenvalue weighted by molar-refractivity contribution is -0.114. The number of rotatable bonds is 9. The number of hydrogen-bond donors (Lipinski definition) is 2. The van der Waals surface area contributed by atoms with Crippen molar-refractivity contribution in [2.24, 2.45) is 0 Å². The number of nitrogens with one attached hydrogen (secondary N) is 2. The molecule has 0 fully saturated rings. The first-order valence-electron chi connectivity index (χ1n) is 7.98. The Morgan fingerprint density at radius 1 is 1.00 bits per heavy atom. The number of halogens is 3. The molecule has 0 bridgehead atoms. The van der Waals surface area contributed by atoms with Crippen molar-refractivity contribution in [3.8, 4) is 5.75 Å². The second-order valence-electron chi connectivity index (χ2n) is 5.22. The summed E-state index contributed by atoms with van der Waals surface area (Å²) >= 11 is 17.8. The summed E-state index contributed by atoms with van der Waals surface area (Å²) in [4.78, 5) is 12.1. The van der Waals surface area contributed by atoms with E-state index in [1.54, 1.807) is 0 Å². The monoisotopic (exact) mass is 416 g/mol. The summed E-state index contributed by atoms with van der Waals surface area (Å²) in [5, 5.41) is 6.67. The SMILES string of the molecule is CCOCCOc1ccc(NCC(=O)Nc2cc(Cl)c(Cl)cc2Cl)cc1. The molecule has 0 aliphatic carbocycles. The molecule has 2 rings (SSSR count). The highest BCUT2D eigenvalue weighted by molar-refractivity contribution is 6.44. The van der Waals surface area contributed by atoms with Gasteiger partial charge < -0.3 is 20.1 Å². The summed E-state index contributed by atoms with van der Waals surface area (Å²) in [6, 6.07) is 10.3. The van der Waals surface area contributed by atoms with Crippen molar-refractivity contribution in [2.45, 2.75) is 6.92 Å². The minimum atomic E-state index is -0.262. The van der Waals surface area contributed by atoms with Crippen molar-refractivity contribution >= 4 is 52.1 Å². The minimum Gasteiger partial charge on any atom is -0.491 e. The highest BCUT2D eigenvalue weighted by atomic mass is 35.5. The van der Waals surface area contributed by atoms with Gasteiger partial charge in [-0.05, 0) is 43.3 Å². The molecule has 0 saturated carbocycles. The van der Waals surface area contributed by atoms with Crippen molar-refractivity contribution < 1.29 is 14.3 Å². The number of carbonyl (C=O) groups is 1. The van der Waals surface area contributed by atoms with Crippen LogP contribution < -0.4 is 15.4 Å². The van der Waals surface area contributed by atoms with Gasteiger partial charge in [-0.2, -0.15) is 0 Å². The smallest absolute Gasteiger partial charge is 0.243 e. The maximum absolute atomic E-state index is 12.1. The van der Waals surface area contributed by atoms with Crippen LogP contribution in [0.4, 0.5) is 11.4 Å². The molecule has 0 aliphatic rings. The normalized spacial score (nSPS) is 10.5. The van der Waals surface area contributed by atoms with Gasteiger partial charge >= 0.3 is 0 Å². The first-order valence-corrected chi connectivity index (χ1v) is 9.12.